The first-order valence-corrected chi connectivity index (χ1v) is 8.18. The van der Waals surface area contributed by atoms with E-state index in [1.807, 2.05) is 12.1 Å². The van der Waals surface area contributed by atoms with Crippen LogP contribution in [0.4, 0.5) is 21.6 Å². The first-order valence-electron chi connectivity index (χ1n) is 7.80. The van der Waals surface area contributed by atoms with Crippen LogP contribution in [0.1, 0.15) is 5.56 Å². The maximum absolute atomic E-state index is 14.7. The van der Waals surface area contributed by atoms with Gasteiger partial charge in [-0.3, -0.25) is 4.98 Å². The van der Waals surface area contributed by atoms with Gasteiger partial charge in [-0.25, -0.2) is 9.37 Å². The Morgan fingerprint density at radius 1 is 1.12 bits per heavy atom. The number of benzene rings is 1. The molecule has 3 aromatic heterocycles. The van der Waals surface area contributed by atoms with Gasteiger partial charge in [0.2, 0.25) is 5.58 Å². The highest BCUT2D eigenvalue weighted by Crippen LogP contribution is 2.31. The third kappa shape index (κ3) is 3.29. The zero-order chi connectivity index (χ0) is 17.9. The van der Waals surface area contributed by atoms with Crippen LogP contribution in [0, 0.1) is 5.82 Å². The van der Waals surface area contributed by atoms with Crippen LogP contribution in [0.5, 0.6) is 0 Å². The van der Waals surface area contributed by atoms with Gasteiger partial charge in [0.05, 0.1) is 23.0 Å². The Morgan fingerprint density at radius 3 is 2.81 bits per heavy atom. The van der Waals surface area contributed by atoms with Crippen molar-refractivity contribution in [1.29, 1.82) is 0 Å². The summed E-state index contributed by atoms with van der Waals surface area (Å²) < 4.78 is 19.9. The lowest BCUT2D eigenvalue weighted by Crippen LogP contribution is -2.01. The topological polar surface area (TPSA) is 75.9 Å². The number of pyridine rings is 2. The normalized spacial score (nSPS) is 10.8. The quantitative estimate of drug-likeness (QED) is 0.494. The third-order valence-corrected chi connectivity index (χ3v) is 4.00. The maximum Gasteiger partial charge on any atom is 0.206 e. The smallest absolute Gasteiger partial charge is 0.206 e. The van der Waals surface area contributed by atoms with Gasteiger partial charge >= 0.3 is 0 Å². The Morgan fingerprint density at radius 2 is 2.04 bits per heavy atom. The van der Waals surface area contributed by atoms with Crippen molar-refractivity contribution in [3.63, 3.8) is 0 Å². The molecule has 0 aliphatic heterocycles. The Kier molecular flexibility index (Phi) is 4.37. The number of nitrogens with one attached hydrogen (secondary N) is 2. The summed E-state index contributed by atoms with van der Waals surface area (Å²) in [5.41, 5.74) is 2.02. The third-order valence-electron chi connectivity index (χ3n) is 3.78. The minimum absolute atomic E-state index is 0.0746. The molecule has 0 spiro atoms. The van der Waals surface area contributed by atoms with Gasteiger partial charge in [0.15, 0.2) is 11.6 Å². The molecule has 0 aliphatic rings. The number of hydrogen-bond donors (Lipinski definition) is 2. The summed E-state index contributed by atoms with van der Waals surface area (Å²) in [7, 11) is 0. The molecule has 0 unspecified atom stereocenters. The van der Waals surface area contributed by atoms with Crippen molar-refractivity contribution >= 4 is 39.8 Å². The number of nitrogens with zero attached hydrogens (tertiary/aromatic N) is 3. The first-order chi connectivity index (χ1) is 12.7. The monoisotopic (exact) mass is 369 g/mol. The van der Waals surface area contributed by atoms with Gasteiger partial charge in [-0.1, -0.05) is 22.8 Å². The Hall–Kier alpha value is -3.19. The molecule has 1 aromatic carbocycles. The second kappa shape index (κ2) is 6.97. The van der Waals surface area contributed by atoms with Crippen molar-refractivity contribution in [2.45, 2.75) is 6.54 Å². The van der Waals surface area contributed by atoms with Crippen molar-refractivity contribution in [1.82, 2.24) is 15.1 Å². The molecule has 8 heteroatoms. The largest absolute Gasteiger partial charge is 0.378 e. The standard InChI is InChI=1S/C18H13ClFN5O/c19-15-6-3-12(10-23-15)24-18-13-4-5-14(16(20)17(13)26-25-18)22-9-11-2-1-7-21-8-11/h1-8,10,22H,9H2,(H,24,25). The molecule has 0 fully saturated rings. The second-order valence-corrected chi connectivity index (χ2v) is 5.93. The van der Waals surface area contributed by atoms with Crippen molar-refractivity contribution < 1.29 is 8.91 Å². The van der Waals surface area contributed by atoms with Crippen molar-refractivity contribution in [2.75, 3.05) is 10.6 Å². The number of anilines is 3. The Bertz CT molecular complexity index is 1040. The minimum Gasteiger partial charge on any atom is -0.378 e. The minimum atomic E-state index is -0.499. The molecule has 0 saturated heterocycles. The van der Waals surface area contributed by atoms with E-state index in [9.17, 15) is 4.39 Å². The summed E-state index contributed by atoms with van der Waals surface area (Å²) in [4.78, 5) is 8.01. The highest BCUT2D eigenvalue weighted by atomic mass is 35.5. The molecule has 6 nitrogen and oxygen atoms in total. The molecule has 0 atom stereocenters. The number of rotatable bonds is 5. The number of halogens is 2. The van der Waals surface area contributed by atoms with E-state index >= 15 is 0 Å². The lowest BCUT2D eigenvalue weighted by Gasteiger charge is -2.07. The van der Waals surface area contributed by atoms with E-state index in [2.05, 4.69) is 25.8 Å². The summed E-state index contributed by atoms with van der Waals surface area (Å²) in [6.45, 7) is 0.450. The molecule has 0 amide bonds. The zero-order valence-electron chi connectivity index (χ0n) is 13.4. The second-order valence-electron chi connectivity index (χ2n) is 5.54. The van der Waals surface area contributed by atoms with Crippen LogP contribution in [-0.4, -0.2) is 15.1 Å². The highest BCUT2D eigenvalue weighted by Gasteiger charge is 2.16. The van der Waals surface area contributed by atoms with E-state index < -0.39 is 5.82 Å². The fourth-order valence-electron chi connectivity index (χ4n) is 2.49. The first kappa shape index (κ1) is 16.3. The number of aromatic nitrogens is 3. The van der Waals surface area contributed by atoms with Gasteiger partial charge in [-0.05, 0) is 35.9 Å². The maximum atomic E-state index is 14.7. The number of fused-ring (bicyclic) bond motifs is 1. The van der Waals surface area contributed by atoms with Gasteiger partial charge in [-0.2, -0.15) is 0 Å². The van der Waals surface area contributed by atoms with Crippen LogP contribution >= 0.6 is 11.6 Å². The van der Waals surface area contributed by atoms with Gasteiger partial charge < -0.3 is 15.2 Å². The van der Waals surface area contributed by atoms with Crippen molar-refractivity contribution in [2.24, 2.45) is 0 Å². The van der Waals surface area contributed by atoms with Crippen LogP contribution < -0.4 is 10.6 Å². The lowest BCUT2D eigenvalue weighted by atomic mass is 10.2. The van der Waals surface area contributed by atoms with Gasteiger partial charge in [0.1, 0.15) is 5.15 Å². The molecule has 3 heterocycles. The van der Waals surface area contributed by atoms with E-state index in [0.717, 1.165) is 5.56 Å². The highest BCUT2D eigenvalue weighted by molar-refractivity contribution is 6.29. The van der Waals surface area contributed by atoms with E-state index in [1.54, 1.807) is 42.9 Å². The fourth-order valence-corrected chi connectivity index (χ4v) is 2.60. The average molecular weight is 370 g/mol. The Balaban J connectivity index is 1.57. The molecule has 0 aliphatic carbocycles. The van der Waals surface area contributed by atoms with E-state index in [1.165, 1.54) is 0 Å². The van der Waals surface area contributed by atoms with E-state index in [0.29, 0.717) is 34.3 Å². The predicted molar refractivity (Wildman–Crippen MR) is 98.1 cm³/mol. The summed E-state index contributed by atoms with van der Waals surface area (Å²) in [6, 6.07) is 10.5. The molecule has 26 heavy (non-hydrogen) atoms. The van der Waals surface area contributed by atoms with Crippen LogP contribution in [-0.2, 0) is 6.54 Å². The van der Waals surface area contributed by atoms with Crippen LogP contribution in [0.15, 0.2) is 59.5 Å². The molecule has 0 radical (unpaired) electrons. The van der Waals surface area contributed by atoms with Crippen molar-refractivity contribution in [3.05, 3.63) is 71.5 Å². The van der Waals surface area contributed by atoms with Gasteiger partial charge in [-0.15, -0.1) is 0 Å². The summed E-state index contributed by atoms with van der Waals surface area (Å²) >= 11 is 5.77. The van der Waals surface area contributed by atoms with E-state index in [-0.39, 0.29) is 5.58 Å². The fraction of sp³-hybridized carbons (Fsp3) is 0.0556. The summed E-state index contributed by atoms with van der Waals surface area (Å²) in [5, 5.41) is 10.9. The number of hydrogen-bond acceptors (Lipinski definition) is 6. The molecule has 4 aromatic rings. The zero-order valence-corrected chi connectivity index (χ0v) is 14.2. The van der Waals surface area contributed by atoms with Crippen LogP contribution in [0.2, 0.25) is 5.15 Å². The summed E-state index contributed by atoms with van der Waals surface area (Å²) in [5.74, 6) is -0.0944. The molecule has 0 bridgehead atoms. The van der Waals surface area contributed by atoms with Crippen molar-refractivity contribution in [3.8, 4) is 0 Å². The van der Waals surface area contributed by atoms with Crippen LogP contribution in [0.25, 0.3) is 11.0 Å². The predicted octanol–water partition coefficient (Wildman–Crippen LogP) is 4.77. The molecular weight excluding hydrogens is 357 g/mol. The lowest BCUT2D eigenvalue weighted by molar-refractivity contribution is 0.444. The average Bonchev–Trinajstić information content (AvgIpc) is 3.07. The van der Waals surface area contributed by atoms with Crippen LogP contribution in [0.3, 0.4) is 0 Å². The Labute approximate surface area is 153 Å². The molecule has 4 rings (SSSR count). The molecular formula is C18H13ClFN5O. The molecule has 0 saturated carbocycles. The molecule has 130 valence electrons. The molecule has 2 N–H and O–H groups in total. The SMILES string of the molecule is Fc1c(NCc2cccnc2)ccc2c(Nc3ccc(Cl)nc3)noc12. The van der Waals surface area contributed by atoms with Gasteiger partial charge in [0, 0.05) is 18.9 Å². The van der Waals surface area contributed by atoms with E-state index in [4.69, 9.17) is 16.1 Å². The van der Waals surface area contributed by atoms with Gasteiger partial charge in [0.25, 0.3) is 0 Å². The summed E-state index contributed by atoms with van der Waals surface area (Å²) in [6.07, 6.45) is 4.97.